The van der Waals surface area contributed by atoms with Crippen LogP contribution in [-0.2, 0) is 11.3 Å². The van der Waals surface area contributed by atoms with Crippen molar-refractivity contribution >= 4 is 69.1 Å². The smallest absolute Gasteiger partial charge is 0.343 e. The highest BCUT2D eigenvalue weighted by molar-refractivity contribution is 14.1. The average molecular weight is 636 g/mol. The van der Waals surface area contributed by atoms with Crippen molar-refractivity contribution in [2.24, 2.45) is 0 Å². The summed E-state index contributed by atoms with van der Waals surface area (Å²) in [5.41, 5.74) is 1.73. The zero-order chi connectivity index (χ0) is 25.8. The van der Waals surface area contributed by atoms with Gasteiger partial charge in [0.2, 0.25) is 0 Å². The lowest BCUT2D eigenvalue weighted by Crippen LogP contribution is -2.27. The third-order valence-corrected chi connectivity index (χ3v) is 7.12. The number of imide groups is 1. The van der Waals surface area contributed by atoms with Crippen molar-refractivity contribution in [3.8, 4) is 17.2 Å². The Morgan fingerprint density at radius 3 is 2.47 bits per heavy atom. The Morgan fingerprint density at radius 2 is 1.81 bits per heavy atom. The fourth-order valence-corrected chi connectivity index (χ4v) is 5.19. The van der Waals surface area contributed by atoms with E-state index in [1.807, 2.05) is 22.6 Å². The quantitative estimate of drug-likeness (QED) is 0.128. The lowest BCUT2D eigenvalue weighted by molar-refractivity contribution is -0.123. The number of ether oxygens (including phenoxy) is 3. The molecule has 0 radical (unpaired) electrons. The number of hydrogen-bond acceptors (Lipinski definition) is 7. The number of methoxy groups -OCH3 is 2. The van der Waals surface area contributed by atoms with E-state index < -0.39 is 11.9 Å². The Kier molecular flexibility index (Phi) is 8.22. The van der Waals surface area contributed by atoms with E-state index in [1.165, 1.54) is 12.0 Å². The van der Waals surface area contributed by atoms with Crippen molar-refractivity contribution in [2.45, 2.75) is 6.54 Å². The fourth-order valence-electron chi connectivity index (χ4n) is 3.41. The third kappa shape index (κ3) is 5.85. The lowest BCUT2D eigenvalue weighted by Gasteiger charge is -2.13. The molecular formula is C26H19ClINO6S. The summed E-state index contributed by atoms with van der Waals surface area (Å²) < 4.78 is 16.8. The van der Waals surface area contributed by atoms with Crippen LogP contribution in [0.25, 0.3) is 6.08 Å². The molecule has 1 saturated heterocycles. The second-order valence-electron chi connectivity index (χ2n) is 7.55. The van der Waals surface area contributed by atoms with Gasteiger partial charge in [-0.05, 0) is 100 Å². The van der Waals surface area contributed by atoms with Crippen LogP contribution in [0.2, 0.25) is 5.02 Å². The Hall–Kier alpha value is -3.02. The molecule has 3 aromatic rings. The molecule has 1 aliphatic rings. The molecule has 0 spiro atoms. The normalized spacial score (nSPS) is 14.3. The summed E-state index contributed by atoms with van der Waals surface area (Å²) in [5, 5.41) is 0.169. The molecule has 1 heterocycles. The van der Waals surface area contributed by atoms with Gasteiger partial charge in [-0.25, -0.2) is 4.79 Å². The predicted octanol–water partition coefficient (Wildman–Crippen LogP) is 6.42. The van der Waals surface area contributed by atoms with Crippen molar-refractivity contribution in [3.05, 3.63) is 90.9 Å². The van der Waals surface area contributed by atoms with Crippen LogP contribution in [-0.4, -0.2) is 36.2 Å². The standard InChI is InChI=1S/C26H19ClINO6S/c1-33-19-8-6-17(7-9-19)25(31)35-23-20(28)11-16(12-21(23)34-2)13-22-24(30)29(26(32)36-22)14-15-4-3-5-18(27)10-15/h3-13H,14H2,1-2H3/b22-13-. The van der Waals surface area contributed by atoms with Crippen molar-refractivity contribution in [2.75, 3.05) is 14.2 Å². The van der Waals surface area contributed by atoms with E-state index in [0.717, 1.165) is 17.3 Å². The molecule has 0 aliphatic carbocycles. The molecule has 1 fully saturated rings. The number of rotatable bonds is 7. The number of halogens is 2. The number of thioether (sulfide) groups is 1. The summed E-state index contributed by atoms with van der Waals surface area (Å²) in [5.74, 6) is 0.246. The highest BCUT2D eigenvalue weighted by Crippen LogP contribution is 2.38. The molecule has 1 aliphatic heterocycles. The topological polar surface area (TPSA) is 82.1 Å². The summed E-state index contributed by atoms with van der Waals surface area (Å²) in [7, 11) is 3.00. The monoisotopic (exact) mass is 635 g/mol. The Balaban J connectivity index is 1.55. The Bertz CT molecular complexity index is 1380. The lowest BCUT2D eigenvalue weighted by atomic mass is 10.1. The molecule has 0 bridgehead atoms. The SMILES string of the molecule is COc1ccc(C(=O)Oc2c(I)cc(/C=C3\SC(=O)N(Cc4cccc(Cl)c4)C3=O)cc2OC)cc1. The van der Waals surface area contributed by atoms with Gasteiger partial charge in [-0.1, -0.05) is 23.7 Å². The molecule has 2 amide bonds. The second-order valence-corrected chi connectivity index (χ2v) is 10.1. The van der Waals surface area contributed by atoms with Crippen LogP contribution >= 0.6 is 46.0 Å². The van der Waals surface area contributed by atoms with Gasteiger partial charge in [0.1, 0.15) is 5.75 Å². The number of benzene rings is 3. The van der Waals surface area contributed by atoms with E-state index in [4.69, 9.17) is 25.8 Å². The zero-order valence-corrected chi connectivity index (χ0v) is 22.8. The van der Waals surface area contributed by atoms with Crippen LogP contribution in [0.1, 0.15) is 21.5 Å². The van der Waals surface area contributed by atoms with Gasteiger partial charge in [0, 0.05) is 5.02 Å². The largest absolute Gasteiger partial charge is 0.497 e. The number of hydrogen-bond donors (Lipinski definition) is 0. The minimum atomic E-state index is -0.552. The van der Waals surface area contributed by atoms with Gasteiger partial charge >= 0.3 is 5.97 Å². The van der Waals surface area contributed by atoms with Gasteiger partial charge in [-0.15, -0.1) is 0 Å². The summed E-state index contributed by atoms with van der Waals surface area (Å²) >= 11 is 8.91. The minimum absolute atomic E-state index is 0.129. The van der Waals surface area contributed by atoms with Gasteiger partial charge in [0.15, 0.2) is 11.5 Å². The summed E-state index contributed by atoms with van der Waals surface area (Å²) in [6, 6.07) is 16.9. The fraction of sp³-hybridized carbons (Fsp3) is 0.115. The van der Waals surface area contributed by atoms with E-state index in [0.29, 0.717) is 31.2 Å². The van der Waals surface area contributed by atoms with E-state index in [2.05, 4.69) is 0 Å². The van der Waals surface area contributed by atoms with Gasteiger partial charge in [-0.2, -0.15) is 0 Å². The minimum Gasteiger partial charge on any atom is -0.497 e. The van der Waals surface area contributed by atoms with Crippen LogP contribution in [0.15, 0.2) is 65.6 Å². The van der Waals surface area contributed by atoms with E-state index in [1.54, 1.807) is 73.8 Å². The Morgan fingerprint density at radius 1 is 1.06 bits per heavy atom. The summed E-state index contributed by atoms with van der Waals surface area (Å²) in [6.07, 6.45) is 1.61. The molecule has 0 N–H and O–H groups in total. The first-order valence-electron chi connectivity index (χ1n) is 10.5. The van der Waals surface area contributed by atoms with E-state index >= 15 is 0 Å². The van der Waals surface area contributed by atoms with Crippen LogP contribution in [0.4, 0.5) is 4.79 Å². The van der Waals surface area contributed by atoms with Crippen molar-refractivity contribution in [1.29, 1.82) is 0 Å². The number of carbonyl (C=O) groups is 3. The van der Waals surface area contributed by atoms with Crippen molar-refractivity contribution in [1.82, 2.24) is 4.90 Å². The number of amides is 2. The van der Waals surface area contributed by atoms with E-state index in [9.17, 15) is 14.4 Å². The number of nitrogens with zero attached hydrogens (tertiary/aromatic N) is 1. The molecule has 0 saturated carbocycles. The molecule has 3 aromatic carbocycles. The molecule has 7 nitrogen and oxygen atoms in total. The van der Waals surface area contributed by atoms with Crippen molar-refractivity contribution < 1.29 is 28.6 Å². The Labute approximate surface area is 230 Å². The zero-order valence-electron chi connectivity index (χ0n) is 19.1. The first-order valence-corrected chi connectivity index (χ1v) is 12.8. The molecule has 184 valence electrons. The van der Waals surface area contributed by atoms with Crippen LogP contribution in [0, 0.1) is 3.57 Å². The van der Waals surface area contributed by atoms with Gasteiger partial charge in [-0.3, -0.25) is 14.5 Å². The molecule has 4 rings (SSSR count). The van der Waals surface area contributed by atoms with Gasteiger partial charge in [0.25, 0.3) is 11.1 Å². The maximum atomic E-state index is 12.9. The maximum Gasteiger partial charge on any atom is 0.343 e. The molecule has 36 heavy (non-hydrogen) atoms. The first-order chi connectivity index (χ1) is 17.3. The molecule has 0 unspecified atom stereocenters. The van der Waals surface area contributed by atoms with Gasteiger partial charge in [0.05, 0.1) is 34.8 Å². The summed E-state index contributed by atoms with van der Waals surface area (Å²) in [6.45, 7) is 0.129. The molecule has 0 aromatic heterocycles. The summed E-state index contributed by atoms with van der Waals surface area (Å²) in [4.78, 5) is 39.6. The van der Waals surface area contributed by atoms with Crippen molar-refractivity contribution in [3.63, 3.8) is 0 Å². The van der Waals surface area contributed by atoms with Crippen LogP contribution < -0.4 is 14.2 Å². The maximum absolute atomic E-state index is 12.9. The number of carbonyl (C=O) groups excluding carboxylic acids is 3. The highest BCUT2D eigenvalue weighted by Gasteiger charge is 2.35. The average Bonchev–Trinajstić information content (AvgIpc) is 3.12. The third-order valence-electron chi connectivity index (χ3n) is 5.17. The van der Waals surface area contributed by atoms with Crippen LogP contribution in [0.3, 0.4) is 0 Å². The van der Waals surface area contributed by atoms with E-state index in [-0.39, 0.29) is 22.4 Å². The molecule has 10 heteroatoms. The molecule has 0 atom stereocenters. The highest BCUT2D eigenvalue weighted by atomic mass is 127. The second kappa shape index (κ2) is 11.4. The molecular weight excluding hydrogens is 617 g/mol. The van der Waals surface area contributed by atoms with Gasteiger partial charge < -0.3 is 14.2 Å². The predicted molar refractivity (Wildman–Crippen MR) is 147 cm³/mol. The first kappa shape index (κ1) is 26.1. The number of esters is 1. The van der Waals surface area contributed by atoms with Crippen LogP contribution in [0.5, 0.6) is 17.2 Å².